The topological polar surface area (TPSA) is 130 Å². The number of ketones is 2. The number of rotatable bonds is 2. The van der Waals surface area contributed by atoms with Crippen LogP contribution in [0, 0.1) is 11.3 Å². The number of hydrogen-bond donors (Lipinski definition) is 3. The van der Waals surface area contributed by atoms with Gasteiger partial charge in [-0.25, -0.2) is 0 Å². The number of esters is 1. The molecule has 3 N–H and O–H groups in total. The number of hydrogen-bond acceptors (Lipinski definition) is 7. The largest absolute Gasteiger partial charge is 0.461 e. The lowest BCUT2D eigenvalue weighted by Crippen LogP contribution is -2.61. The zero-order chi connectivity index (χ0) is 24.9. The molecule has 0 aromatic rings. The molecule has 0 aromatic heterocycles. The van der Waals surface area contributed by atoms with Crippen molar-refractivity contribution in [3.63, 3.8) is 0 Å². The molecule has 8 heteroatoms. The zero-order valence-electron chi connectivity index (χ0n) is 20.2. The van der Waals surface area contributed by atoms with E-state index < -0.39 is 59.1 Å². The molecule has 33 heavy (non-hydrogen) atoms. The maximum Gasteiger partial charge on any atom is 0.322 e. The number of carbonyl (C=O) groups excluding carboxylic acids is 4. The highest BCUT2D eigenvalue weighted by molar-refractivity contribution is 6.35. The highest BCUT2D eigenvalue weighted by atomic mass is 16.5. The monoisotopic (exact) mass is 463 g/mol. The molecular formula is C25H37NO7. The van der Waals surface area contributed by atoms with Gasteiger partial charge in [0.1, 0.15) is 11.5 Å². The summed E-state index contributed by atoms with van der Waals surface area (Å²) < 4.78 is 5.64. The Bertz CT molecular complexity index is 846. The summed E-state index contributed by atoms with van der Waals surface area (Å²) in [6.45, 7) is 7.92. The van der Waals surface area contributed by atoms with Crippen LogP contribution in [0.25, 0.3) is 0 Å². The molecule has 1 saturated heterocycles. The van der Waals surface area contributed by atoms with Crippen LogP contribution in [0.4, 0.5) is 0 Å². The molecular weight excluding hydrogens is 426 g/mol. The van der Waals surface area contributed by atoms with Gasteiger partial charge in [-0.2, -0.15) is 0 Å². The van der Waals surface area contributed by atoms with E-state index in [4.69, 9.17) is 4.74 Å². The Morgan fingerprint density at radius 1 is 1.09 bits per heavy atom. The standard InChI is InChI=1S/C25H37NO7/c1-14-6-9-18(28)10-8-15(2)12-21(26-23(31)17(4)27)25(5)22(30)16(3)20(33-24(25)32)13-19(29)11-7-14/h6,12,16,18-21,28-29H,7-11,13H2,1-5H3,(H,26,31)/b14-6-,15-12-. The third-order valence-electron chi connectivity index (χ3n) is 6.83. The van der Waals surface area contributed by atoms with Gasteiger partial charge in [0, 0.05) is 13.3 Å². The van der Waals surface area contributed by atoms with E-state index in [1.165, 1.54) is 6.92 Å². The summed E-state index contributed by atoms with van der Waals surface area (Å²) in [4.78, 5) is 50.4. The van der Waals surface area contributed by atoms with Gasteiger partial charge in [-0.05, 0) is 52.9 Å². The molecule has 0 spiro atoms. The summed E-state index contributed by atoms with van der Waals surface area (Å²) >= 11 is 0. The van der Waals surface area contributed by atoms with Crippen molar-refractivity contribution in [2.24, 2.45) is 11.3 Å². The maximum atomic E-state index is 13.5. The fraction of sp³-hybridized carbons (Fsp3) is 0.680. The van der Waals surface area contributed by atoms with Crippen LogP contribution in [0.2, 0.25) is 0 Å². The first-order valence-corrected chi connectivity index (χ1v) is 11.6. The predicted molar refractivity (Wildman–Crippen MR) is 122 cm³/mol. The predicted octanol–water partition coefficient (Wildman–Crippen LogP) is 2.17. The normalized spacial score (nSPS) is 37.7. The van der Waals surface area contributed by atoms with E-state index in [2.05, 4.69) is 5.32 Å². The van der Waals surface area contributed by atoms with Gasteiger partial charge in [-0.3, -0.25) is 19.2 Å². The lowest BCUT2D eigenvalue weighted by molar-refractivity contribution is -0.182. The lowest BCUT2D eigenvalue weighted by atomic mass is 9.69. The number of fused-ring (bicyclic) bond motifs is 12. The maximum absolute atomic E-state index is 13.5. The van der Waals surface area contributed by atoms with Crippen LogP contribution in [0.15, 0.2) is 23.3 Å². The third kappa shape index (κ3) is 6.60. The van der Waals surface area contributed by atoms with Gasteiger partial charge >= 0.3 is 5.97 Å². The van der Waals surface area contributed by atoms with E-state index in [0.29, 0.717) is 32.1 Å². The second-order valence-electron chi connectivity index (χ2n) is 9.73. The van der Waals surface area contributed by atoms with Crippen molar-refractivity contribution >= 4 is 23.4 Å². The van der Waals surface area contributed by atoms with E-state index in [0.717, 1.165) is 18.1 Å². The lowest BCUT2D eigenvalue weighted by Gasteiger charge is -2.42. The number of aliphatic hydroxyl groups excluding tert-OH is 2. The number of nitrogens with one attached hydrogen (secondary N) is 1. The Labute approximate surface area is 195 Å². The van der Waals surface area contributed by atoms with Gasteiger partial charge in [0.05, 0.1) is 24.2 Å². The molecule has 0 saturated carbocycles. The number of allylic oxidation sites excluding steroid dienone is 2. The highest BCUT2D eigenvalue weighted by Crippen LogP contribution is 2.38. The van der Waals surface area contributed by atoms with Crippen LogP contribution < -0.4 is 5.32 Å². The molecule has 1 aliphatic carbocycles. The molecule has 184 valence electrons. The third-order valence-corrected chi connectivity index (χ3v) is 6.83. The summed E-state index contributed by atoms with van der Waals surface area (Å²) in [5.74, 6) is -3.53. The van der Waals surface area contributed by atoms with E-state index in [1.54, 1.807) is 19.9 Å². The Morgan fingerprint density at radius 2 is 1.70 bits per heavy atom. The number of ether oxygens (including phenoxy) is 1. The number of Topliss-reactive ketones (excluding diaryl/α,β-unsaturated/α-hetero) is 2. The van der Waals surface area contributed by atoms with Crippen molar-refractivity contribution in [3.05, 3.63) is 23.3 Å². The van der Waals surface area contributed by atoms with Crippen molar-refractivity contribution in [2.75, 3.05) is 0 Å². The molecule has 8 nitrogen and oxygen atoms in total. The average Bonchev–Trinajstić information content (AvgIpc) is 2.75. The number of amides is 1. The molecule has 3 aliphatic rings. The van der Waals surface area contributed by atoms with Crippen molar-refractivity contribution in [2.45, 2.75) is 97.5 Å². The Kier molecular flexibility index (Phi) is 9.14. The fourth-order valence-corrected chi connectivity index (χ4v) is 4.33. The quantitative estimate of drug-likeness (QED) is 0.248. The Morgan fingerprint density at radius 3 is 2.33 bits per heavy atom. The molecule has 1 fully saturated rings. The molecule has 1 amide bonds. The smallest absolute Gasteiger partial charge is 0.322 e. The van der Waals surface area contributed by atoms with Crippen LogP contribution in [-0.4, -0.2) is 58.0 Å². The van der Waals surface area contributed by atoms with Gasteiger partial charge < -0.3 is 20.3 Å². The zero-order valence-corrected chi connectivity index (χ0v) is 20.2. The van der Waals surface area contributed by atoms with Gasteiger partial charge in [0.15, 0.2) is 5.78 Å². The van der Waals surface area contributed by atoms with Crippen molar-refractivity contribution in [3.8, 4) is 0 Å². The van der Waals surface area contributed by atoms with Gasteiger partial charge in [-0.1, -0.05) is 30.2 Å². The minimum Gasteiger partial charge on any atom is -0.461 e. The molecule has 2 heterocycles. The van der Waals surface area contributed by atoms with E-state index >= 15 is 0 Å². The van der Waals surface area contributed by atoms with Gasteiger partial charge in [0.2, 0.25) is 5.78 Å². The van der Waals surface area contributed by atoms with Crippen LogP contribution in [0.1, 0.15) is 73.1 Å². The van der Waals surface area contributed by atoms with Gasteiger partial charge in [-0.15, -0.1) is 0 Å². The molecule has 2 bridgehead atoms. The second-order valence-corrected chi connectivity index (χ2v) is 9.73. The SMILES string of the molecule is CC(=O)C(=O)NC1/C=C(/C)CCC(O)C/C=C(/C)CCC(O)CC2OC(=O)C1(C)C(=O)C2C. The van der Waals surface area contributed by atoms with Crippen LogP contribution >= 0.6 is 0 Å². The number of aliphatic hydroxyl groups is 2. The fourth-order valence-electron chi connectivity index (χ4n) is 4.33. The van der Waals surface area contributed by atoms with E-state index in [9.17, 15) is 29.4 Å². The van der Waals surface area contributed by atoms with Crippen molar-refractivity contribution in [1.29, 1.82) is 0 Å². The summed E-state index contributed by atoms with van der Waals surface area (Å²) in [7, 11) is 0. The average molecular weight is 464 g/mol. The minimum absolute atomic E-state index is 0.129. The molecule has 2 aliphatic heterocycles. The number of carbonyl (C=O) groups is 4. The Balaban J connectivity index is 2.47. The summed E-state index contributed by atoms with van der Waals surface area (Å²) in [5.41, 5.74) is 0.0896. The van der Waals surface area contributed by atoms with Gasteiger partial charge in [0.25, 0.3) is 5.91 Å². The molecule has 3 rings (SSSR count). The van der Waals surface area contributed by atoms with E-state index in [-0.39, 0.29) is 6.42 Å². The second kappa shape index (κ2) is 11.2. The van der Waals surface area contributed by atoms with Crippen LogP contribution in [0.3, 0.4) is 0 Å². The Hall–Kier alpha value is -2.32. The first-order chi connectivity index (χ1) is 15.4. The van der Waals surface area contributed by atoms with Crippen LogP contribution in [0.5, 0.6) is 0 Å². The van der Waals surface area contributed by atoms with Crippen molar-refractivity contribution in [1.82, 2.24) is 5.32 Å². The molecule has 6 unspecified atom stereocenters. The summed E-state index contributed by atoms with van der Waals surface area (Å²) in [6, 6.07) is -1.09. The summed E-state index contributed by atoms with van der Waals surface area (Å²) in [5, 5.41) is 23.4. The molecule has 0 radical (unpaired) electrons. The highest BCUT2D eigenvalue weighted by Gasteiger charge is 2.56. The first kappa shape index (κ1) is 26.9. The molecule has 0 aromatic carbocycles. The minimum atomic E-state index is -1.72. The molecule has 6 atom stereocenters. The summed E-state index contributed by atoms with van der Waals surface area (Å²) in [6.07, 6.45) is 4.08. The van der Waals surface area contributed by atoms with Crippen molar-refractivity contribution < 1.29 is 34.1 Å². The van der Waals surface area contributed by atoms with Crippen LogP contribution in [-0.2, 0) is 23.9 Å². The van der Waals surface area contributed by atoms with E-state index in [1.807, 2.05) is 13.0 Å². The first-order valence-electron chi connectivity index (χ1n) is 11.6.